The van der Waals surface area contributed by atoms with Crippen molar-refractivity contribution >= 4 is 23.9 Å². The lowest BCUT2D eigenvalue weighted by Gasteiger charge is -2.48. The Morgan fingerprint density at radius 3 is 2.35 bits per heavy atom. The Kier molecular flexibility index (Phi) is 10.6. The minimum absolute atomic E-state index is 0.00555. The van der Waals surface area contributed by atoms with Crippen LogP contribution in [0.5, 0.6) is 0 Å². The minimum Gasteiger partial charge on any atom is -0.458 e. The van der Waals surface area contributed by atoms with Crippen molar-refractivity contribution in [3.8, 4) is 0 Å². The zero-order valence-corrected chi connectivity index (χ0v) is 29.7. The number of amides is 2. The van der Waals surface area contributed by atoms with Crippen LogP contribution >= 0.6 is 0 Å². The number of rotatable bonds is 15. The van der Waals surface area contributed by atoms with Gasteiger partial charge in [0.05, 0.1) is 26.4 Å². The number of nitrogens with one attached hydrogen (secondary N) is 2. The van der Waals surface area contributed by atoms with Crippen LogP contribution < -0.4 is 10.6 Å². The summed E-state index contributed by atoms with van der Waals surface area (Å²) in [6.45, 7) is -0.454. The summed E-state index contributed by atoms with van der Waals surface area (Å²) in [6.07, 6.45) is -2.00. The normalized spacial score (nSPS) is 38.3. The first-order valence-corrected chi connectivity index (χ1v) is 18.9. The quantitative estimate of drug-likeness (QED) is 0.0981. The van der Waals surface area contributed by atoms with Gasteiger partial charge in [-0.25, -0.2) is 0 Å². The van der Waals surface area contributed by atoms with Gasteiger partial charge in [-0.15, -0.1) is 0 Å². The number of carbonyl (C=O) groups is 3. The number of ether oxygens (including phenoxy) is 5. The molecule has 3 saturated carbocycles. The van der Waals surface area contributed by atoms with Gasteiger partial charge in [-0.05, 0) is 36.8 Å². The predicted octanol–water partition coefficient (Wildman–Crippen LogP) is -1.77. The smallest absolute Gasteiger partial charge is 0.327 e. The van der Waals surface area contributed by atoms with Crippen LogP contribution in [-0.2, 0) is 49.5 Å². The van der Waals surface area contributed by atoms with E-state index in [9.17, 15) is 34.8 Å². The van der Waals surface area contributed by atoms with Crippen molar-refractivity contribution in [1.82, 2.24) is 15.7 Å². The number of esters is 1. The zero-order chi connectivity index (χ0) is 37.8. The third-order valence-corrected chi connectivity index (χ3v) is 11.8. The fourth-order valence-electron chi connectivity index (χ4n) is 8.86. The highest BCUT2D eigenvalue weighted by molar-refractivity contribution is 5.94. The fraction of sp³-hybridized carbons (Fsp3) is 0.703. The lowest BCUT2D eigenvalue weighted by molar-refractivity contribution is -0.298. The molecule has 4 saturated heterocycles. The molecule has 17 nitrogen and oxygen atoms in total. The van der Waals surface area contributed by atoms with Gasteiger partial charge >= 0.3 is 5.97 Å². The maximum Gasteiger partial charge on any atom is 0.327 e. The first-order chi connectivity index (χ1) is 26.1. The number of benzene rings is 1. The molecule has 296 valence electrons. The van der Waals surface area contributed by atoms with Crippen molar-refractivity contribution in [3.05, 3.63) is 41.5 Å². The van der Waals surface area contributed by atoms with Gasteiger partial charge in [-0.2, -0.15) is 5.06 Å². The lowest BCUT2D eigenvalue weighted by Crippen LogP contribution is -2.69. The van der Waals surface area contributed by atoms with E-state index in [2.05, 4.69) is 10.6 Å². The van der Waals surface area contributed by atoms with E-state index >= 15 is 0 Å². The van der Waals surface area contributed by atoms with E-state index in [4.69, 9.17) is 33.6 Å². The zero-order valence-electron chi connectivity index (χ0n) is 29.7. The predicted molar refractivity (Wildman–Crippen MR) is 182 cm³/mol. The molecule has 0 radical (unpaired) electrons. The maximum atomic E-state index is 14.4. The average molecular weight is 760 g/mol. The first-order valence-electron chi connectivity index (χ1n) is 18.9. The highest BCUT2D eigenvalue weighted by Crippen LogP contribution is 2.63. The SMILES string of the molecule is O=C(CCNC(=O)C12CC3OC(=O)C1N(Cc1ccc(C=CCOC4OC(CO)C(O)C(O)C4O)cc1)OC2C1OC(C2CC2)(C2CC2)OC31)NCCO. The van der Waals surface area contributed by atoms with Gasteiger partial charge in [-0.3, -0.25) is 19.2 Å². The summed E-state index contributed by atoms with van der Waals surface area (Å²) >= 11 is 0. The molecule has 3 aliphatic carbocycles. The summed E-state index contributed by atoms with van der Waals surface area (Å²) in [5.41, 5.74) is 0.237. The van der Waals surface area contributed by atoms with Crippen LogP contribution in [0.3, 0.4) is 0 Å². The molecular weight excluding hydrogens is 710 g/mol. The lowest BCUT2D eigenvalue weighted by atomic mass is 9.62. The van der Waals surface area contributed by atoms with Crippen LogP contribution in [0.2, 0.25) is 0 Å². The van der Waals surface area contributed by atoms with Crippen molar-refractivity contribution in [1.29, 1.82) is 0 Å². The van der Waals surface area contributed by atoms with Crippen LogP contribution in [0.1, 0.15) is 49.7 Å². The van der Waals surface area contributed by atoms with Gasteiger partial charge < -0.3 is 59.9 Å². The molecule has 8 rings (SSSR count). The molecule has 7 fully saturated rings. The molecule has 2 bridgehead atoms. The fourth-order valence-corrected chi connectivity index (χ4v) is 8.86. The Hall–Kier alpha value is -3.07. The molecule has 1 aromatic rings. The van der Waals surface area contributed by atoms with Gasteiger partial charge in [-0.1, -0.05) is 36.4 Å². The topological polar surface area (TPSA) is 235 Å². The molecule has 17 heteroatoms. The second-order valence-electron chi connectivity index (χ2n) is 15.4. The number of nitrogens with zero attached hydrogens (tertiary/aromatic N) is 1. The van der Waals surface area contributed by atoms with E-state index in [1.807, 2.05) is 24.3 Å². The maximum absolute atomic E-state index is 14.4. The van der Waals surface area contributed by atoms with Crippen LogP contribution in [0.25, 0.3) is 6.08 Å². The van der Waals surface area contributed by atoms with Crippen LogP contribution in [0.4, 0.5) is 0 Å². The van der Waals surface area contributed by atoms with Crippen molar-refractivity contribution < 1.29 is 68.4 Å². The third kappa shape index (κ3) is 6.76. The van der Waals surface area contributed by atoms with Crippen LogP contribution in [-0.4, -0.2) is 148 Å². The number of hydroxylamine groups is 2. The van der Waals surface area contributed by atoms with E-state index in [-0.39, 0.29) is 63.4 Å². The summed E-state index contributed by atoms with van der Waals surface area (Å²) in [4.78, 5) is 47.2. The highest BCUT2D eigenvalue weighted by atomic mass is 16.8. The van der Waals surface area contributed by atoms with Gasteiger partial charge in [0.2, 0.25) is 11.8 Å². The number of aliphatic hydroxyl groups is 5. The molecule has 7 aliphatic rings. The van der Waals surface area contributed by atoms with Crippen molar-refractivity contribution in [3.63, 3.8) is 0 Å². The first kappa shape index (κ1) is 37.8. The van der Waals surface area contributed by atoms with E-state index in [1.165, 1.54) is 5.06 Å². The molecule has 11 atom stereocenters. The van der Waals surface area contributed by atoms with Crippen LogP contribution in [0.15, 0.2) is 30.3 Å². The monoisotopic (exact) mass is 759 g/mol. The number of carbonyl (C=O) groups excluding carboxylic acids is 3. The van der Waals surface area contributed by atoms with Crippen molar-refractivity contribution in [2.24, 2.45) is 17.3 Å². The van der Waals surface area contributed by atoms with Gasteiger partial charge in [0.25, 0.3) is 0 Å². The van der Waals surface area contributed by atoms with Crippen molar-refractivity contribution in [2.75, 3.05) is 32.9 Å². The molecule has 0 aromatic heterocycles. The number of hydrogen-bond donors (Lipinski definition) is 7. The van der Waals surface area contributed by atoms with E-state index in [0.717, 1.165) is 36.8 Å². The van der Waals surface area contributed by atoms with Crippen LogP contribution in [0, 0.1) is 17.3 Å². The standard InChI is InChI=1S/C37H49N3O14/c41-14-13-38-25(43)11-12-39-35(48)36-16-23-29-30(53-37(52-29,21-7-8-21)22-9-10-22)32(36)54-40(31(36)33(47)50-23)17-20-5-3-19(4-6-20)2-1-15-49-34-28(46)27(45)26(44)24(18-42)51-34/h1-6,21-24,26-32,34,41-42,44-46H,7-18H2,(H,38,43)(H,39,48). The molecule has 1 aromatic carbocycles. The van der Waals surface area contributed by atoms with Gasteiger partial charge in [0.15, 0.2) is 18.1 Å². The summed E-state index contributed by atoms with van der Waals surface area (Å²) in [5.74, 6) is -1.61. The molecular formula is C37H49N3O14. The molecule has 11 unspecified atom stereocenters. The Balaban J connectivity index is 0.970. The summed E-state index contributed by atoms with van der Waals surface area (Å²) in [7, 11) is 0. The molecule has 54 heavy (non-hydrogen) atoms. The number of aliphatic hydroxyl groups excluding tert-OH is 5. The number of fused-ring (bicyclic) bond motifs is 4. The van der Waals surface area contributed by atoms with Crippen molar-refractivity contribution in [2.45, 2.75) is 112 Å². The summed E-state index contributed by atoms with van der Waals surface area (Å²) < 4.78 is 30.6. The van der Waals surface area contributed by atoms with Gasteiger partial charge in [0.1, 0.15) is 54.2 Å². The molecule has 0 spiro atoms. The second kappa shape index (κ2) is 15.1. The van der Waals surface area contributed by atoms with E-state index < -0.39 is 90.8 Å². The molecule has 4 aliphatic heterocycles. The van der Waals surface area contributed by atoms with E-state index in [0.29, 0.717) is 0 Å². The van der Waals surface area contributed by atoms with Gasteiger partial charge in [0, 0.05) is 37.8 Å². The second-order valence-corrected chi connectivity index (χ2v) is 15.4. The summed E-state index contributed by atoms with van der Waals surface area (Å²) in [6, 6.07) is 6.35. The minimum atomic E-state index is -1.53. The largest absolute Gasteiger partial charge is 0.458 e. The van der Waals surface area contributed by atoms with E-state index in [1.54, 1.807) is 12.2 Å². The Bertz CT molecular complexity index is 1570. The highest BCUT2D eigenvalue weighted by Gasteiger charge is 2.78. The Labute approximate surface area is 311 Å². The molecule has 7 N–H and O–H groups in total. The Morgan fingerprint density at radius 2 is 1.67 bits per heavy atom. The Morgan fingerprint density at radius 1 is 0.944 bits per heavy atom. The average Bonchev–Trinajstić information content (AvgIpc) is 4.12. The molecule has 4 heterocycles. The third-order valence-electron chi connectivity index (χ3n) is 11.8. The summed E-state index contributed by atoms with van der Waals surface area (Å²) in [5, 5.41) is 55.6. The molecule has 2 amide bonds. The number of hydrogen-bond acceptors (Lipinski definition) is 15.